The molecule has 0 N–H and O–H groups in total. The number of nitrogens with zero attached hydrogens (tertiary/aromatic N) is 4. The summed E-state index contributed by atoms with van der Waals surface area (Å²) < 4.78 is 1.93. The second kappa shape index (κ2) is 6.71. The van der Waals surface area contributed by atoms with Crippen molar-refractivity contribution in [2.45, 2.75) is 33.6 Å². The molecule has 2 aromatic heterocycles. The predicted octanol–water partition coefficient (Wildman–Crippen LogP) is 4.92. The van der Waals surface area contributed by atoms with E-state index in [9.17, 15) is 0 Å². The second-order valence-electron chi connectivity index (χ2n) is 6.55. The van der Waals surface area contributed by atoms with E-state index < -0.39 is 0 Å². The molecule has 0 atom stereocenters. The van der Waals surface area contributed by atoms with Crippen LogP contribution in [0, 0.1) is 6.92 Å². The average molecular weight is 342 g/mol. The van der Waals surface area contributed by atoms with E-state index in [-0.39, 0.29) is 0 Å². The summed E-state index contributed by atoms with van der Waals surface area (Å²) in [5.41, 5.74) is 8.20. The lowest BCUT2D eigenvalue weighted by Crippen LogP contribution is -2.04. The number of aryl methyl sites for hydroxylation is 2. The van der Waals surface area contributed by atoms with Gasteiger partial charge in [0.25, 0.3) is 0 Å². The molecule has 4 rings (SSSR count). The van der Waals surface area contributed by atoms with Crippen molar-refractivity contribution in [1.82, 2.24) is 20.0 Å². The first-order chi connectivity index (χ1) is 12.7. The van der Waals surface area contributed by atoms with E-state index in [0.29, 0.717) is 0 Å². The highest BCUT2D eigenvalue weighted by Crippen LogP contribution is 2.27. The normalized spacial score (nSPS) is 11.2. The summed E-state index contributed by atoms with van der Waals surface area (Å²) in [7, 11) is 0. The van der Waals surface area contributed by atoms with Gasteiger partial charge in [-0.1, -0.05) is 37.3 Å². The van der Waals surface area contributed by atoms with Crippen LogP contribution >= 0.6 is 0 Å². The molecule has 0 radical (unpaired) electrons. The highest BCUT2D eigenvalue weighted by molar-refractivity contribution is 5.83. The number of hydrogen-bond acceptors (Lipinski definition) is 3. The van der Waals surface area contributed by atoms with Gasteiger partial charge in [0, 0.05) is 17.1 Å². The van der Waals surface area contributed by atoms with E-state index in [1.165, 1.54) is 16.7 Å². The highest BCUT2D eigenvalue weighted by Gasteiger charge is 2.13. The summed E-state index contributed by atoms with van der Waals surface area (Å²) in [5.74, 6) is 0. The SMILES string of the molecule is CCc1cc(-n2nncc2-c2ccc3cccnc3c2)cc(C)c1CC. The molecule has 0 saturated heterocycles. The Labute approximate surface area is 153 Å². The monoisotopic (exact) mass is 342 g/mol. The molecule has 26 heavy (non-hydrogen) atoms. The number of benzene rings is 2. The lowest BCUT2D eigenvalue weighted by molar-refractivity contribution is 0.803. The van der Waals surface area contributed by atoms with Crippen molar-refractivity contribution in [3.05, 3.63) is 71.5 Å². The minimum absolute atomic E-state index is 0.975. The topological polar surface area (TPSA) is 43.6 Å². The van der Waals surface area contributed by atoms with E-state index >= 15 is 0 Å². The predicted molar refractivity (Wildman–Crippen MR) is 106 cm³/mol. The zero-order valence-electron chi connectivity index (χ0n) is 15.4. The van der Waals surface area contributed by atoms with Crippen LogP contribution in [0.15, 0.2) is 54.9 Å². The Balaban J connectivity index is 1.85. The van der Waals surface area contributed by atoms with Gasteiger partial charge in [-0.25, -0.2) is 4.68 Å². The van der Waals surface area contributed by atoms with E-state index in [1.54, 1.807) is 0 Å². The van der Waals surface area contributed by atoms with Gasteiger partial charge >= 0.3 is 0 Å². The molecule has 0 aliphatic rings. The number of rotatable bonds is 4. The standard InChI is InChI=1S/C22H22N4/c1-4-16-12-19(11-15(3)20(16)5-2)26-22(14-24-25-26)18-9-8-17-7-6-10-23-21(17)13-18/h6-14H,4-5H2,1-3H3. The molecule has 0 saturated carbocycles. The van der Waals surface area contributed by atoms with Crippen LogP contribution in [0.2, 0.25) is 0 Å². The van der Waals surface area contributed by atoms with E-state index in [0.717, 1.165) is 40.7 Å². The summed E-state index contributed by atoms with van der Waals surface area (Å²) in [6.07, 6.45) is 5.71. The van der Waals surface area contributed by atoms with Crippen LogP contribution < -0.4 is 0 Å². The fourth-order valence-electron chi connectivity index (χ4n) is 3.66. The van der Waals surface area contributed by atoms with Crippen molar-refractivity contribution < 1.29 is 0 Å². The Morgan fingerprint density at radius 2 is 1.88 bits per heavy atom. The third-order valence-corrected chi connectivity index (χ3v) is 4.98. The molecule has 130 valence electrons. The van der Waals surface area contributed by atoms with Gasteiger partial charge in [0.2, 0.25) is 0 Å². The van der Waals surface area contributed by atoms with E-state index in [4.69, 9.17) is 0 Å². The number of aromatic nitrogens is 4. The van der Waals surface area contributed by atoms with E-state index in [2.05, 4.69) is 72.5 Å². The number of pyridine rings is 1. The van der Waals surface area contributed by atoms with Crippen LogP contribution in [-0.4, -0.2) is 20.0 Å². The number of hydrogen-bond donors (Lipinski definition) is 0. The molecule has 0 aliphatic heterocycles. The Hall–Kier alpha value is -3.01. The Morgan fingerprint density at radius 1 is 1.00 bits per heavy atom. The van der Waals surface area contributed by atoms with Crippen LogP contribution in [-0.2, 0) is 12.8 Å². The molecule has 2 heterocycles. The fourth-order valence-corrected chi connectivity index (χ4v) is 3.66. The maximum Gasteiger partial charge on any atom is 0.0945 e. The third kappa shape index (κ3) is 2.77. The molecule has 0 fully saturated rings. The molecule has 0 amide bonds. The minimum Gasteiger partial charge on any atom is -0.256 e. The molecule has 0 aliphatic carbocycles. The van der Waals surface area contributed by atoms with Gasteiger partial charge < -0.3 is 0 Å². The second-order valence-corrected chi connectivity index (χ2v) is 6.55. The molecule has 0 bridgehead atoms. The molecule has 4 aromatic rings. The summed E-state index contributed by atoms with van der Waals surface area (Å²) in [4.78, 5) is 4.47. The van der Waals surface area contributed by atoms with Crippen LogP contribution in [0.25, 0.3) is 27.8 Å². The van der Waals surface area contributed by atoms with Gasteiger partial charge in [0.1, 0.15) is 0 Å². The smallest absolute Gasteiger partial charge is 0.0945 e. The maximum absolute atomic E-state index is 4.47. The quantitative estimate of drug-likeness (QED) is 0.529. The zero-order valence-corrected chi connectivity index (χ0v) is 15.4. The lowest BCUT2D eigenvalue weighted by atomic mass is 9.97. The molecule has 0 spiro atoms. The Morgan fingerprint density at radius 3 is 2.69 bits per heavy atom. The van der Waals surface area contributed by atoms with Crippen LogP contribution in [0.3, 0.4) is 0 Å². The molecule has 2 aromatic carbocycles. The van der Waals surface area contributed by atoms with Gasteiger partial charge in [-0.3, -0.25) is 4.98 Å². The van der Waals surface area contributed by atoms with Crippen LogP contribution in [0.5, 0.6) is 0 Å². The lowest BCUT2D eigenvalue weighted by Gasteiger charge is -2.14. The summed E-state index contributed by atoms with van der Waals surface area (Å²) in [6, 6.07) is 14.8. The van der Waals surface area contributed by atoms with Crippen molar-refractivity contribution in [3.63, 3.8) is 0 Å². The Bertz CT molecular complexity index is 1080. The molecule has 4 nitrogen and oxygen atoms in total. The van der Waals surface area contributed by atoms with Crippen molar-refractivity contribution >= 4 is 10.9 Å². The first kappa shape index (κ1) is 16.5. The van der Waals surface area contributed by atoms with Gasteiger partial charge in [0.15, 0.2) is 0 Å². The van der Waals surface area contributed by atoms with E-state index in [1.807, 2.05) is 23.1 Å². The molecule has 4 heteroatoms. The maximum atomic E-state index is 4.47. The zero-order chi connectivity index (χ0) is 18.1. The average Bonchev–Trinajstić information content (AvgIpc) is 3.16. The molecule has 0 unspecified atom stereocenters. The minimum atomic E-state index is 0.975. The first-order valence-corrected chi connectivity index (χ1v) is 9.10. The van der Waals surface area contributed by atoms with Crippen molar-refractivity contribution in [3.8, 4) is 16.9 Å². The third-order valence-electron chi connectivity index (χ3n) is 4.98. The molecular weight excluding hydrogens is 320 g/mol. The van der Waals surface area contributed by atoms with Crippen molar-refractivity contribution in [2.24, 2.45) is 0 Å². The van der Waals surface area contributed by atoms with Gasteiger partial charge in [-0.15, -0.1) is 5.10 Å². The summed E-state index contributed by atoms with van der Waals surface area (Å²) in [5, 5.41) is 9.67. The highest BCUT2D eigenvalue weighted by atomic mass is 15.4. The fraction of sp³-hybridized carbons (Fsp3) is 0.227. The molecular formula is C22H22N4. The van der Waals surface area contributed by atoms with Crippen molar-refractivity contribution in [2.75, 3.05) is 0 Å². The first-order valence-electron chi connectivity index (χ1n) is 9.10. The summed E-state index contributed by atoms with van der Waals surface area (Å²) >= 11 is 0. The van der Waals surface area contributed by atoms with Gasteiger partial charge in [0.05, 0.1) is 23.1 Å². The van der Waals surface area contributed by atoms with Gasteiger partial charge in [-0.05, 0) is 60.7 Å². The number of fused-ring (bicyclic) bond motifs is 1. The Kier molecular flexibility index (Phi) is 4.25. The summed E-state index contributed by atoms with van der Waals surface area (Å²) in [6.45, 7) is 6.59. The van der Waals surface area contributed by atoms with Gasteiger partial charge in [-0.2, -0.15) is 0 Å². The largest absolute Gasteiger partial charge is 0.256 e. The van der Waals surface area contributed by atoms with Crippen LogP contribution in [0.1, 0.15) is 30.5 Å². The van der Waals surface area contributed by atoms with Crippen LogP contribution in [0.4, 0.5) is 0 Å². The van der Waals surface area contributed by atoms with Crippen molar-refractivity contribution in [1.29, 1.82) is 0 Å².